The molecule has 1 N–H and O–H groups in total. The normalized spacial score (nSPS) is 10.6. The third-order valence-corrected chi connectivity index (χ3v) is 6.53. The van der Waals surface area contributed by atoms with Crippen molar-refractivity contribution in [3.8, 4) is 23.0 Å². The fourth-order valence-corrected chi connectivity index (χ4v) is 4.53. The van der Waals surface area contributed by atoms with Gasteiger partial charge in [0.25, 0.3) is 0 Å². The van der Waals surface area contributed by atoms with Gasteiger partial charge in [-0.05, 0) is 61.7 Å². The van der Waals surface area contributed by atoms with Crippen LogP contribution in [-0.2, 0) is 29.0 Å². The molecule has 0 unspecified atom stereocenters. The molecule has 9 nitrogen and oxygen atoms in total. The first-order valence-corrected chi connectivity index (χ1v) is 13.9. The van der Waals surface area contributed by atoms with Crippen LogP contribution in [0.25, 0.3) is 0 Å². The molecule has 0 amide bonds. The number of esters is 1. The largest absolute Gasteiger partial charge is 0.496 e. The lowest BCUT2D eigenvalue weighted by molar-refractivity contribution is -0.136. The van der Waals surface area contributed by atoms with E-state index in [1.165, 1.54) is 14.0 Å². The minimum atomic E-state index is -0.927. The van der Waals surface area contributed by atoms with E-state index in [-0.39, 0.29) is 25.2 Å². The minimum Gasteiger partial charge on any atom is -0.496 e. The van der Waals surface area contributed by atoms with E-state index in [9.17, 15) is 19.5 Å². The van der Waals surface area contributed by atoms with E-state index in [1.54, 1.807) is 55.6 Å². The van der Waals surface area contributed by atoms with Crippen molar-refractivity contribution in [2.24, 2.45) is 0 Å². The van der Waals surface area contributed by atoms with Gasteiger partial charge in [-0.2, -0.15) is 0 Å². The van der Waals surface area contributed by atoms with Crippen LogP contribution in [0, 0.1) is 0 Å². The number of carboxylic acids is 1. The summed E-state index contributed by atoms with van der Waals surface area (Å²) in [4.78, 5) is 35.2. The van der Waals surface area contributed by atoms with Crippen molar-refractivity contribution in [2.75, 3.05) is 27.4 Å². The molecule has 0 spiro atoms. The summed E-state index contributed by atoms with van der Waals surface area (Å²) in [6, 6.07) is 15.8. The molecule has 0 atom stereocenters. The Morgan fingerprint density at radius 3 is 2.10 bits per heavy atom. The predicted octanol–water partition coefficient (Wildman–Crippen LogP) is 6.08. The third-order valence-electron chi connectivity index (χ3n) is 6.53. The monoisotopic (exact) mass is 578 g/mol. The van der Waals surface area contributed by atoms with Gasteiger partial charge in [0.15, 0.2) is 5.78 Å². The molecule has 0 aromatic heterocycles. The second-order valence-corrected chi connectivity index (χ2v) is 9.59. The number of hydrogen-bond donors (Lipinski definition) is 1. The summed E-state index contributed by atoms with van der Waals surface area (Å²) in [5.74, 6) is 0.842. The van der Waals surface area contributed by atoms with Gasteiger partial charge in [-0.3, -0.25) is 9.59 Å². The van der Waals surface area contributed by atoms with E-state index in [0.717, 1.165) is 17.5 Å². The van der Waals surface area contributed by atoms with Crippen LogP contribution in [0.5, 0.6) is 23.0 Å². The molecule has 0 bridgehead atoms. The van der Waals surface area contributed by atoms with Gasteiger partial charge in [-0.1, -0.05) is 31.5 Å². The van der Waals surface area contributed by atoms with Crippen LogP contribution >= 0.6 is 0 Å². The highest BCUT2D eigenvalue weighted by Crippen LogP contribution is 2.34. The maximum Gasteiger partial charge on any atom is 0.337 e. The highest BCUT2D eigenvalue weighted by molar-refractivity contribution is 5.97. The van der Waals surface area contributed by atoms with Gasteiger partial charge < -0.3 is 28.8 Å². The lowest BCUT2D eigenvalue weighted by Gasteiger charge is -2.18. The topological polar surface area (TPSA) is 118 Å². The van der Waals surface area contributed by atoms with Crippen molar-refractivity contribution in [3.63, 3.8) is 0 Å². The number of rotatable bonds is 17. The van der Waals surface area contributed by atoms with Crippen LogP contribution in [0.3, 0.4) is 0 Å². The molecule has 0 aliphatic carbocycles. The Balaban J connectivity index is 1.67. The van der Waals surface area contributed by atoms with Crippen molar-refractivity contribution in [1.29, 1.82) is 0 Å². The fraction of sp³-hybridized carbons (Fsp3) is 0.364. The number of carboxylic acid groups (broad SMARTS) is 1. The number of carbonyl (C=O) groups excluding carboxylic acids is 2. The molecule has 42 heavy (non-hydrogen) atoms. The van der Waals surface area contributed by atoms with Crippen molar-refractivity contribution in [1.82, 2.24) is 0 Å². The van der Waals surface area contributed by atoms with E-state index >= 15 is 0 Å². The molecule has 0 saturated carbocycles. The zero-order chi connectivity index (χ0) is 30.5. The number of ketones is 1. The quantitative estimate of drug-likeness (QED) is 0.115. The van der Waals surface area contributed by atoms with Crippen molar-refractivity contribution in [2.45, 2.75) is 52.6 Å². The Labute approximate surface area is 246 Å². The average Bonchev–Trinajstić information content (AvgIpc) is 2.99. The molecule has 0 aliphatic rings. The molecular formula is C33H38O9. The third kappa shape index (κ3) is 8.73. The summed E-state index contributed by atoms with van der Waals surface area (Å²) in [7, 11) is 2.88. The number of hydrogen-bond acceptors (Lipinski definition) is 8. The Hall–Kier alpha value is -4.53. The fourth-order valence-electron chi connectivity index (χ4n) is 4.53. The van der Waals surface area contributed by atoms with E-state index in [0.29, 0.717) is 65.7 Å². The van der Waals surface area contributed by atoms with E-state index in [4.69, 9.17) is 23.7 Å². The summed E-state index contributed by atoms with van der Waals surface area (Å²) in [6.07, 6.45) is 2.28. The molecule has 0 radical (unpaired) electrons. The van der Waals surface area contributed by atoms with Crippen LogP contribution in [0.2, 0.25) is 0 Å². The van der Waals surface area contributed by atoms with Gasteiger partial charge in [0.05, 0.1) is 38.6 Å². The lowest BCUT2D eigenvalue weighted by Crippen LogP contribution is -2.10. The first-order chi connectivity index (χ1) is 20.3. The summed E-state index contributed by atoms with van der Waals surface area (Å²) in [5, 5.41) is 9.30. The molecule has 3 aromatic carbocycles. The van der Waals surface area contributed by atoms with Gasteiger partial charge >= 0.3 is 11.9 Å². The van der Waals surface area contributed by atoms with Crippen molar-refractivity contribution < 1.29 is 43.2 Å². The second kappa shape index (κ2) is 16.0. The Morgan fingerprint density at radius 2 is 1.48 bits per heavy atom. The zero-order valence-electron chi connectivity index (χ0n) is 24.6. The first kappa shape index (κ1) is 32.0. The molecule has 0 aliphatic heterocycles. The Bertz CT molecular complexity index is 1380. The number of benzene rings is 3. The molecule has 0 saturated heterocycles. The number of aliphatic carboxylic acids is 1. The second-order valence-electron chi connectivity index (χ2n) is 9.59. The van der Waals surface area contributed by atoms with Crippen LogP contribution in [-0.4, -0.2) is 50.3 Å². The highest BCUT2D eigenvalue weighted by atomic mass is 16.5. The van der Waals surface area contributed by atoms with Crippen molar-refractivity contribution >= 4 is 17.7 Å². The van der Waals surface area contributed by atoms with Crippen LogP contribution in [0.15, 0.2) is 54.6 Å². The molecule has 9 heteroatoms. The first-order valence-electron chi connectivity index (χ1n) is 13.9. The summed E-state index contributed by atoms with van der Waals surface area (Å²) in [5.41, 5.74) is 3.23. The van der Waals surface area contributed by atoms with Gasteiger partial charge in [0, 0.05) is 24.0 Å². The van der Waals surface area contributed by atoms with Crippen LogP contribution in [0.1, 0.15) is 70.5 Å². The molecule has 0 heterocycles. The standard InChI is InChI=1S/C33H38O9/c1-5-9-27-30(16-14-25(22(2)34)32(27)38-3)41-19-8-18-40-28-12-7-13-29(26(28)15-17-31(35)36)42-21-23-10-6-11-24(20-23)33(37)39-4/h6-7,10-14,16,20H,5,8-9,15,17-19,21H2,1-4H3,(H,35,36). The Kier molecular flexibility index (Phi) is 12.2. The summed E-state index contributed by atoms with van der Waals surface area (Å²) < 4.78 is 28.5. The number of carbonyl (C=O) groups is 3. The van der Waals surface area contributed by atoms with Gasteiger partial charge in [-0.25, -0.2) is 4.79 Å². The number of Topliss-reactive ketones (excluding diaryl/α,β-unsaturated/α-hetero) is 1. The molecule has 0 fully saturated rings. The van der Waals surface area contributed by atoms with E-state index in [1.807, 2.05) is 6.07 Å². The molecule has 3 rings (SSSR count). The summed E-state index contributed by atoms with van der Waals surface area (Å²) in [6.45, 7) is 4.44. The van der Waals surface area contributed by atoms with Crippen molar-refractivity contribution in [3.05, 3.63) is 82.4 Å². The van der Waals surface area contributed by atoms with Crippen LogP contribution in [0.4, 0.5) is 0 Å². The number of methoxy groups -OCH3 is 2. The number of ether oxygens (including phenoxy) is 5. The molecule has 224 valence electrons. The summed E-state index contributed by atoms with van der Waals surface area (Å²) >= 11 is 0. The predicted molar refractivity (Wildman–Crippen MR) is 157 cm³/mol. The van der Waals surface area contributed by atoms with E-state index in [2.05, 4.69) is 6.92 Å². The average molecular weight is 579 g/mol. The van der Waals surface area contributed by atoms with Gasteiger partial charge in [-0.15, -0.1) is 0 Å². The minimum absolute atomic E-state index is 0.0659. The molecular weight excluding hydrogens is 540 g/mol. The maximum absolute atomic E-state index is 12.0. The Morgan fingerprint density at radius 1 is 0.810 bits per heavy atom. The SMILES string of the molecule is CCCc1c(OCCCOc2cccc(OCc3cccc(C(=O)OC)c3)c2CCC(=O)O)ccc(C(C)=O)c1OC. The smallest absolute Gasteiger partial charge is 0.337 e. The van der Waals surface area contributed by atoms with Gasteiger partial charge in [0.1, 0.15) is 29.6 Å². The van der Waals surface area contributed by atoms with E-state index < -0.39 is 11.9 Å². The van der Waals surface area contributed by atoms with Crippen LogP contribution < -0.4 is 18.9 Å². The molecule has 3 aromatic rings. The zero-order valence-corrected chi connectivity index (χ0v) is 24.6. The lowest BCUT2D eigenvalue weighted by atomic mass is 10.0. The highest BCUT2D eigenvalue weighted by Gasteiger charge is 2.18. The maximum atomic E-state index is 12.0. The van der Waals surface area contributed by atoms with Gasteiger partial charge in [0.2, 0.25) is 0 Å².